The molecule has 1 heterocycles. The van der Waals surface area contributed by atoms with Crippen molar-refractivity contribution in [1.29, 1.82) is 0 Å². The summed E-state index contributed by atoms with van der Waals surface area (Å²) in [5.41, 5.74) is 3.22. The maximum absolute atomic E-state index is 13.5. The van der Waals surface area contributed by atoms with Gasteiger partial charge in [-0.2, -0.15) is 0 Å². The minimum atomic E-state index is -0.890. The Balaban J connectivity index is 1.58. The van der Waals surface area contributed by atoms with E-state index in [0.29, 0.717) is 51.0 Å². The number of hydrogen-bond acceptors (Lipinski definition) is 8. The van der Waals surface area contributed by atoms with Crippen LogP contribution in [0.3, 0.4) is 0 Å². The zero-order chi connectivity index (χ0) is 32.7. The number of hydrogen-bond donors (Lipinski definition) is 2. The summed E-state index contributed by atoms with van der Waals surface area (Å²) in [6.07, 6.45) is 2.16. The number of imide groups is 2. The number of halogens is 1. The number of anilines is 2. The summed E-state index contributed by atoms with van der Waals surface area (Å²) in [5.74, 6) is -0.556. The average Bonchev–Trinajstić information content (AvgIpc) is 3.00. The molecule has 0 saturated carbocycles. The van der Waals surface area contributed by atoms with Crippen molar-refractivity contribution in [3.63, 3.8) is 0 Å². The molecule has 2 N–H and O–H groups in total. The number of methoxy groups -OCH3 is 1. The zero-order valence-corrected chi connectivity index (χ0v) is 27.8. The second-order valence-corrected chi connectivity index (χ2v) is 11.2. The Bertz CT molecular complexity index is 1670. The molecule has 4 rings (SSSR count). The maximum atomic E-state index is 13.5. The third-order valence-electron chi connectivity index (χ3n) is 6.75. The molecule has 45 heavy (non-hydrogen) atoms. The van der Waals surface area contributed by atoms with Gasteiger partial charge in [0, 0.05) is 11.8 Å². The molecule has 0 aliphatic carbocycles. The van der Waals surface area contributed by atoms with Crippen molar-refractivity contribution in [2.45, 2.75) is 34.1 Å². The fraction of sp³-hybridized carbons (Fsp3) is 0.273. The number of aryl methyl sites for hydroxylation is 2. The van der Waals surface area contributed by atoms with E-state index in [-0.39, 0.29) is 23.8 Å². The van der Waals surface area contributed by atoms with Crippen LogP contribution in [0.15, 0.2) is 54.1 Å². The van der Waals surface area contributed by atoms with Crippen molar-refractivity contribution in [3.8, 4) is 23.0 Å². The van der Waals surface area contributed by atoms with Crippen LogP contribution in [-0.2, 0) is 14.4 Å². The molecule has 1 saturated heterocycles. The number of carbonyl (C=O) groups is 4. The lowest BCUT2D eigenvalue weighted by molar-refractivity contribution is -0.122. The summed E-state index contributed by atoms with van der Waals surface area (Å²) in [7, 11) is 1.45. The first kappa shape index (κ1) is 33.3. The summed E-state index contributed by atoms with van der Waals surface area (Å²) < 4.78 is 23.3. The van der Waals surface area contributed by atoms with Crippen LogP contribution in [0.25, 0.3) is 6.08 Å². The number of nitrogens with one attached hydrogen (secondary N) is 2. The first-order valence-corrected chi connectivity index (χ1v) is 15.3. The van der Waals surface area contributed by atoms with Gasteiger partial charge in [-0.15, -0.1) is 0 Å². The van der Waals surface area contributed by atoms with E-state index in [9.17, 15) is 19.2 Å². The van der Waals surface area contributed by atoms with E-state index in [1.165, 1.54) is 25.3 Å². The van der Waals surface area contributed by atoms with Crippen molar-refractivity contribution < 1.29 is 38.1 Å². The van der Waals surface area contributed by atoms with Crippen molar-refractivity contribution in [1.82, 2.24) is 5.32 Å². The molecule has 5 amide bonds. The third-order valence-corrected chi connectivity index (χ3v) is 7.55. The van der Waals surface area contributed by atoms with Crippen LogP contribution in [0.4, 0.5) is 16.2 Å². The SMILES string of the molecule is CCCOc1ccc(N2C(=O)NC(=O)/C(=C/c3cc(I)c(OCC(=O)Nc4ccc(C)c(C)c4)c(OCC)c3)C2=O)cc1OC. The molecular weight excluding hydrogens is 693 g/mol. The number of carbonyl (C=O) groups excluding carboxylic acids is 4. The topological polar surface area (TPSA) is 132 Å². The summed E-state index contributed by atoms with van der Waals surface area (Å²) in [5, 5.41) is 5.05. The molecule has 12 heteroatoms. The number of barbiturate groups is 1. The van der Waals surface area contributed by atoms with Crippen molar-refractivity contribution in [2.75, 3.05) is 37.1 Å². The number of ether oxygens (including phenoxy) is 4. The van der Waals surface area contributed by atoms with Crippen LogP contribution in [0, 0.1) is 17.4 Å². The lowest BCUT2D eigenvalue weighted by Crippen LogP contribution is -2.54. The molecule has 3 aromatic carbocycles. The van der Waals surface area contributed by atoms with Crippen LogP contribution in [-0.4, -0.2) is 50.7 Å². The smallest absolute Gasteiger partial charge is 0.335 e. The predicted molar refractivity (Wildman–Crippen MR) is 178 cm³/mol. The van der Waals surface area contributed by atoms with Crippen molar-refractivity contribution in [2.24, 2.45) is 0 Å². The second kappa shape index (κ2) is 14.9. The first-order valence-electron chi connectivity index (χ1n) is 14.2. The van der Waals surface area contributed by atoms with Gasteiger partial charge >= 0.3 is 6.03 Å². The van der Waals surface area contributed by atoms with Gasteiger partial charge in [0.1, 0.15) is 5.57 Å². The molecule has 11 nitrogen and oxygen atoms in total. The first-order chi connectivity index (χ1) is 21.6. The number of amides is 5. The Hall–Kier alpha value is -4.59. The molecule has 1 fully saturated rings. The van der Waals surface area contributed by atoms with Crippen LogP contribution in [0.1, 0.15) is 37.0 Å². The van der Waals surface area contributed by atoms with Gasteiger partial charge in [0.2, 0.25) is 0 Å². The molecule has 236 valence electrons. The van der Waals surface area contributed by atoms with Crippen LogP contribution in [0.2, 0.25) is 0 Å². The Morgan fingerprint density at radius 1 is 0.933 bits per heavy atom. The highest BCUT2D eigenvalue weighted by Crippen LogP contribution is 2.36. The Labute approximate surface area is 275 Å². The maximum Gasteiger partial charge on any atom is 0.335 e. The van der Waals surface area contributed by atoms with Gasteiger partial charge in [-0.3, -0.25) is 19.7 Å². The zero-order valence-electron chi connectivity index (χ0n) is 25.6. The van der Waals surface area contributed by atoms with Gasteiger partial charge < -0.3 is 24.3 Å². The lowest BCUT2D eigenvalue weighted by atomic mass is 10.1. The predicted octanol–water partition coefficient (Wildman–Crippen LogP) is 5.79. The molecule has 0 bridgehead atoms. The number of rotatable bonds is 12. The second-order valence-electron chi connectivity index (χ2n) is 10.0. The molecule has 1 aliphatic heterocycles. The highest BCUT2D eigenvalue weighted by atomic mass is 127. The highest BCUT2D eigenvalue weighted by Gasteiger charge is 2.37. The van der Waals surface area contributed by atoms with Gasteiger partial charge in [0.25, 0.3) is 17.7 Å². The van der Waals surface area contributed by atoms with E-state index in [2.05, 4.69) is 10.6 Å². The van der Waals surface area contributed by atoms with Gasteiger partial charge in [-0.1, -0.05) is 13.0 Å². The molecule has 0 unspecified atom stereocenters. The number of benzene rings is 3. The Morgan fingerprint density at radius 2 is 1.71 bits per heavy atom. The van der Waals surface area contributed by atoms with Crippen LogP contribution in [0.5, 0.6) is 23.0 Å². The molecule has 1 aliphatic rings. The Morgan fingerprint density at radius 3 is 2.40 bits per heavy atom. The van der Waals surface area contributed by atoms with Gasteiger partial charge in [-0.05, 0) is 109 Å². The molecular formula is C33H34IN3O8. The molecule has 0 atom stereocenters. The quantitative estimate of drug-likeness (QED) is 0.136. The van der Waals surface area contributed by atoms with Gasteiger partial charge in [-0.25, -0.2) is 9.69 Å². The standard InChI is InChI=1S/C33H34IN3O8/c1-6-12-44-26-11-10-23(17-27(26)42-5)37-32(40)24(31(39)36-33(37)41)14-21-15-25(34)30(28(16-21)43-7-2)45-18-29(38)35-22-9-8-19(3)20(4)13-22/h8-11,13-17H,6-7,12,18H2,1-5H3,(H,35,38)(H,36,39,41)/b24-14-. The Kier molecular flexibility index (Phi) is 11.0. The van der Waals surface area contributed by atoms with Crippen LogP contribution < -0.4 is 34.5 Å². The van der Waals surface area contributed by atoms with Gasteiger partial charge in [0.15, 0.2) is 29.6 Å². The molecule has 0 aromatic heterocycles. The summed E-state index contributed by atoms with van der Waals surface area (Å²) >= 11 is 2.03. The molecule has 3 aromatic rings. The molecule has 0 radical (unpaired) electrons. The van der Waals surface area contributed by atoms with E-state index < -0.39 is 17.8 Å². The van der Waals surface area contributed by atoms with E-state index in [1.54, 1.807) is 25.1 Å². The summed E-state index contributed by atoms with van der Waals surface area (Å²) in [4.78, 5) is 52.6. The fourth-order valence-electron chi connectivity index (χ4n) is 4.41. The summed E-state index contributed by atoms with van der Waals surface area (Å²) in [6.45, 7) is 8.21. The highest BCUT2D eigenvalue weighted by molar-refractivity contribution is 14.1. The normalized spacial score (nSPS) is 13.9. The average molecular weight is 728 g/mol. The third kappa shape index (κ3) is 7.93. The van der Waals surface area contributed by atoms with Crippen molar-refractivity contribution >= 4 is 63.8 Å². The van der Waals surface area contributed by atoms with E-state index in [0.717, 1.165) is 22.4 Å². The van der Waals surface area contributed by atoms with E-state index in [4.69, 9.17) is 18.9 Å². The minimum Gasteiger partial charge on any atom is -0.493 e. The largest absolute Gasteiger partial charge is 0.493 e. The minimum absolute atomic E-state index is 0.198. The monoisotopic (exact) mass is 727 g/mol. The van der Waals surface area contributed by atoms with Gasteiger partial charge in [0.05, 0.1) is 29.6 Å². The molecule has 0 spiro atoms. The van der Waals surface area contributed by atoms with E-state index in [1.807, 2.05) is 61.6 Å². The van der Waals surface area contributed by atoms with E-state index >= 15 is 0 Å². The van der Waals surface area contributed by atoms with Crippen molar-refractivity contribution in [3.05, 3.63) is 74.4 Å². The lowest BCUT2D eigenvalue weighted by Gasteiger charge is -2.27. The fourth-order valence-corrected chi connectivity index (χ4v) is 5.19. The summed E-state index contributed by atoms with van der Waals surface area (Å²) in [6, 6.07) is 12.7. The van der Waals surface area contributed by atoms with Crippen LogP contribution >= 0.6 is 22.6 Å². The number of urea groups is 1. The number of nitrogens with zero attached hydrogens (tertiary/aromatic N) is 1.